The highest BCUT2D eigenvalue weighted by Gasteiger charge is 2.03. The monoisotopic (exact) mass is 168 g/mol. The fourth-order valence-electron chi connectivity index (χ4n) is 0.913. The molecular formula is C9H16N2O. The van der Waals surface area contributed by atoms with E-state index in [1.165, 1.54) is 0 Å². The van der Waals surface area contributed by atoms with Crippen LogP contribution in [0.1, 0.15) is 33.7 Å². The molecular weight excluding hydrogens is 152 g/mol. The van der Waals surface area contributed by atoms with E-state index in [9.17, 15) is 0 Å². The van der Waals surface area contributed by atoms with Crippen LogP contribution < -0.4 is 4.74 Å². The van der Waals surface area contributed by atoms with Crippen molar-refractivity contribution in [2.45, 2.75) is 39.8 Å². The van der Waals surface area contributed by atoms with Crippen molar-refractivity contribution in [2.75, 3.05) is 0 Å². The molecule has 3 heteroatoms. The third-order valence-corrected chi connectivity index (χ3v) is 1.47. The van der Waals surface area contributed by atoms with E-state index in [1.54, 1.807) is 0 Å². The molecule has 0 saturated carbocycles. The topological polar surface area (TPSA) is 27.1 Å². The van der Waals surface area contributed by atoms with Crippen molar-refractivity contribution in [3.63, 3.8) is 0 Å². The molecule has 0 aromatic carbocycles. The molecule has 0 saturated heterocycles. The van der Waals surface area contributed by atoms with E-state index in [0.717, 1.165) is 0 Å². The molecule has 0 aliphatic heterocycles. The lowest BCUT2D eigenvalue weighted by molar-refractivity contribution is 0.229. The van der Waals surface area contributed by atoms with Crippen molar-refractivity contribution in [2.24, 2.45) is 0 Å². The summed E-state index contributed by atoms with van der Waals surface area (Å²) in [5.74, 6) is 0.707. The Balaban J connectivity index is 2.64. The smallest absolute Gasteiger partial charge is 0.232 e. The van der Waals surface area contributed by atoms with Gasteiger partial charge in [-0.25, -0.2) is 0 Å². The standard InChI is InChI=1S/C9H16N2O/c1-7(2)11-6-5-9(10-11)12-8(3)4/h5-8H,1-4H3. The Morgan fingerprint density at radius 3 is 2.42 bits per heavy atom. The van der Waals surface area contributed by atoms with Crippen molar-refractivity contribution in [3.8, 4) is 5.88 Å². The van der Waals surface area contributed by atoms with Gasteiger partial charge in [0.15, 0.2) is 0 Å². The van der Waals surface area contributed by atoms with Gasteiger partial charge in [0.1, 0.15) is 0 Å². The third-order valence-electron chi connectivity index (χ3n) is 1.47. The minimum absolute atomic E-state index is 0.195. The molecule has 0 amide bonds. The van der Waals surface area contributed by atoms with Gasteiger partial charge in [0, 0.05) is 18.3 Å². The summed E-state index contributed by atoms with van der Waals surface area (Å²) in [5.41, 5.74) is 0. The van der Waals surface area contributed by atoms with Crippen LogP contribution in [0.2, 0.25) is 0 Å². The van der Waals surface area contributed by atoms with Gasteiger partial charge in [-0.05, 0) is 27.7 Å². The molecule has 0 fully saturated rings. The molecule has 1 rings (SSSR count). The molecule has 0 aliphatic rings. The lowest BCUT2D eigenvalue weighted by Gasteiger charge is -2.06. The third kappa shape index (κ3) is 2.26. The molecule has 1 aromatic rings. The quantitative estimate of drug-likeness (QED) is 0.692. The highest BCUT2D eigenvalue weighted by atomic mass is 16.5. The van der Waals surface area contributed by atoms with Gasteiger partial charge < -0.3 is 4.74 Å². The fourth-order valence-corrected chi connectivity index (χ4v) is 0.913. The van der Waals surface area contributed by atoms with Crippen LogP contribution in [0, 0.1) is 0 Å². The molecule has 12 heavy (non-hydrogen) atoms. The second-order valence-corrected chi connectivity index (χ2v) is 3.39. The van der Waals surface area contributed by atoms with Gasteiger partial charge in [0.2, 0.25) is 5.88 Å². The zero-order chi connectivity index (χ0) is 9.14. The molecule has 0 atom stereocenters. The predicted molar refractivity (Wildman–Crippen MR) is 48.4 cm³/mol. The lowest BCUT2D eigenvalue weighted by Crippen LogP contribution is -2.07. The Kier molecular flexibility index (Phi) is 2.74. The van der Waals surface area contributed by atoms with E-state index in [4.69, 9.17) is 4.74 Å². The zero-order valence-corrected chi connectivity index (χ0v) is 8.11. The van der Waals surface area contributed by atoms with Gasteiger partial charge in [-0.1, -0.05) is 0 Å². The largest absolute Gasteiger partial charge is 0.474 e. The number of nitrogens with zero attached hydrogens (tertiary/aromatic N) is 2. The summed E-state index contributed by atoms with van der Waals surface area (Å²) >= 11 is 0. The summed E-state index contributed by atoms with van der Waals surface area (Å²) in [4.78, 5) is 0. The van der Waals surface area contributed by atoms with Crippen molar-refractivity contribution < 1.29 is 4.74 Å². The SMILES string of the molecule is CC(C)Oc1ccn(C(C)C)n1. The van der Waals surface area contributed by atoms with E-state index >= 15 is 0 Å². The molecule has 0 unspecified atom stereocenters. The van der Waals surface area contributed by atoms with E-state index in [1.807, 2.05) is 30.8 Å². The summed E-state index contributed by atoms with van der Waals surface area (Å²) < 4.78 is 7.30. The Morgan fingerprint density at radius 1 is 1.33 bits per heavy atom. The molecule has 68 valence electrons. The Labute approximate surface area is 73.3 Å². The van der Waals surface area contributed by atoms with Crippen LogP contribution in [-0.4, -0.2) is 15.9 Å². The lowest BCUT2D eigenvalue weighted by atomic mass is 10.4. The first kappa shape index (κ1) is 9.10. The molecule has 3 nitrogen and oxygen atoms in total. The maximum Gasteiger partial charge on any atom is 0.232 e. The Morgan fingerprint density at radius 2 is 2.00 bits per heavy atom. The van der Waals surface area contributed by atoms with Gasteiger partial charge in [-0.15, -0.1) is 5.10 Å². The summed E-state index contributed by atoms with van der Waals surface area (Å²) in [6.07, 6.45) is 2.13. The number of ether oxygens (including phenoxy) is 1. The predicted octanol–water partition coefficient (Wildman–Crippen LogP) is 2.25. The van der Waals surface area contributed by atoms with Gasteiger partial charge >= 0.3 is 0 Å². The molecule has 0 N–H and O–H groups in total. The maximum atomic E-state index is 5.41. The van der Waals surface area contributed by atoms with Crippen LogP contribution in [0.3, 0.4) is 0 Å². The van der Waals surface area contributed by atoms with Crippen LogP contribution in [0.4, 0.5) is 0 Å². The average Bonchev–Trinajstić information content (AvgIpc) is 2.34. The minimum Gasteiger partial charge on any atom is -0.474 e. The molecule has 0 aliphatic carbocycles. The van der Waals surface area contributed by atoms with E-state index < -0.39 is 0 Å². The summed E-state index contributed by atoms with van der Waals surface area (Å²) in [7, 11) is 0. The maximum absolute atomic E-state index is 5.41. The van der Waals surface area contributed by atoms with Crippen molar-refractivity contribution >= 4 is 0 Å². The first-order valence-electron chi connectivity index (χ1n) is 4.31. The number of aromatic nitrogens is 2. The second kappa shape index (κ2) is 3.61. The van der Waals surface area contributed by atoms with E-state index in [-0.39, 0.29) is 6.10 Å². The first-order valence-corrected chi connectivity index (χ1v) is 4.31. The average molecular weight is 168 g/mol. The van der Waals surface area contributed by atoms with E-state index in [0.29, 0.717) is 11.9 Å². The second-order valence-electron chi connectivity index (χ2n) is 3.39. The fraction of sp³-hybridized carbons (Fsp3) is 0.667. The van der Waals surface area contributed by atoms with Crippen LogP contribution in [0.15, 0.2) is 12.3 Å². The van der Waals surface area contributed by atoms with Crippen molar-refractivity contribution in [1.82, 2.24) is 9.78 Å². The summed E-state index contributed by atoms with van der Waals surface area (Å²) in [6, 6.07) is 2.29. The number of rotatable bonds is 3. The Hall–Kier alpha value is -0.990. The highest BCUT2D eigenvalue weighted by Crippen LogP contribution is 2.11. The zero-order valence-electron chi connectivity index (χ0n) is 8.11. The summed E-state index contributed by atoms with van der Waals surface area (Å²) in [5, 5.41) is 4.24. The van der Waals surface area contributed by atoms with Gasteiger partial charge in [-0.3, -0.25) is 4.68 Å². The molecule has 1 aromatic heterocycles. The Bertz CT molecular complexity index is 240. The van der Waals surface area contributed by atoms with Gasteiger partial charge in [0.05, 0.1) is 6.10 Å². The normalized spacial score (nSPS) is 11.2. The molecule has 0 radical (unpaired) electrons. The summed E-state index contributed by atoms with van der Waals surface area (Å²) in [6.45, 7) is 8.17. The van der Waals surface area contributed by atoms with Crippen LogP contribution >= 0.6 is 0 Å². The molecule has 0 spiro atoms. The van der Waals surface area contributed by atoms with Crippen molar-refractivity contribution in [3.05, 3.63) is 12.3 Å². The van der Waals surface area contributed by atoms with Crippen LogP contribution in [-0.2, 0) is 0 Å². The van der Waals surface area contributed by atoms with Crippen LogP contribution in [0.5, 0.6) is 5.88 Å². The molecule has 1 heterocycles. The first-order chi connectivity index (χ1) is 5.59. The number of hydrogen-bond acceptors (Lipinski definition) is 2. The van der Waals surface area contributed by atoms with E-state index in [2.05, 4.69) is 18.9 Å². The minimum atomic E-state index is 0.195. The van der Waals surface area contributed by atoms with Crippen LogP contribution in [0.25, 0.3) is 0 Å². The number of hydrogen-bond donors (Lipinski definition) is 0. The highest BCUT2D eigenvalue weighted by molar-refractivity contribution is 5.06. The van der Waals surface area contributed by atoms with Crippen molar-refractivity contribution in [1.29, 1.82) is 0 Å². The van der Waals surface area contributed by atoms with Gasteiger partial charge in [-0.2, -0.15) is 0 Å². The van der Waals surface area contributed by atoms with Gasteiger partial charge in [0.25, 0.3) is 0 Å². The molecule has 0 bridgehead atoms.